The first-order valence-corrected chi connectivity index (χ1v) is 8.07. The highest BCUT2D eigenvalue weighted by molar-refractivity contribution is 5.86. The molecule has 7 nitrogen and oxygen atoms in total. The first-order valence-electron chi connectivity index (χ1n) is 8.07. The molecule has 3 rings (SSSR count). The number of methoxy groups -OCH3 is 1. The third-order valence-corrected chi connectivity index (χ3v) is 3.96. The van der Waals surface area contributed by atoms with Gasteiger partial charge in [0.2, 0.25) is 0 Å². The third-order valence-electron chi connectivity index (χ3n) is 3.96. The van der Waals surface area contributed by atoms with E-state index in [1.165, 1.54) is 13.4 Å². The lowest BCUT2D eigenvalue weighted by molar-refractivity contribution is -0.0838. The number of benzene rings is 2. The van der Waals surface area contributed by atoms with Gasteiger partial charge in [-0.3, -0.25) is 0 Å². The normalized spacial score (nSPS) is 12.3. The summed E-state index contributed by atoms with van der Waals surface area (Å²) in [6.45, 7) is 2.00. The van der Waals surface area contributed by atoms with Crippen LogP contribution in [0.3, 0.4) is 0 Å². The summed E-state index contributed by atoms with van der Waals surface area (Å²) in [6, 6.07) is 9.22. The fraction of sp³-hybridized carbons (Fsp3) is 0.278. The highest BCUT2D eigenvalue weighted by Gasteiger charge is 2.19. The molecule has 1 heterocycles. The first kappa shape index (κ1) is 18.1. The van der Waals surface area contributed by atoms with Gasteiger partial charge in [0.15, 0.2) is 17.9 Å². The molecule has 26 heavy (non-hydrogen) atoms. The Bertz CT molecular complexity index is 896. The Hall–Kier alpha value is -2.68. The third kappa shape index (κ3) is 3.77. The first-order chi connectivity index (χ1) is 12.5. The summed E-state index contributed by atoms with van der Waals surface area (Å²) in [5, 5.41) is 12.5. The fourth-order valence-corrected chi connectivity index (χ4v) is 2.45. The van der Waals surface area contributed by atoms with Gasteiger partial charge < -0.3 is 24.6 Å². The van der Waals surface area contributed by atoms with Crippen molar-refractivity contribution in [2.24, 2.45) is 7.05 Å². The monoisotopic (exact) mass is 360 g/mol. The molecule has 0 saturated carbocycles. The van der Waals surface area contributed by atoms with Gasteiger partial charge in [-0.05, 0) is 19.1 Å². The molecule has 0 spiro atoms. The maximum atomic E-state index is 15.0. The van der Waals surface area contributed by atoms with Crippen molar-refractivity contribution in [2.75, 3.05) is 19.0 Å². The zero-order valence-electron chi connectivity index (χ0n) is 14.8. The van der Waals surface area contributed by atoms with E-state index in [1.807, 2.05) is 31.2 Å². The van der Waals surface area contributed by atoms with Crippen molar-refractivity contribution in [1.82, 2.24) is 15.0 Å². The highest BCUT2D eigenvalue weighted by Crippen LogP contribution is 2.35. The number of rotatable bonds is 7. The zero-order chi connectivity index (χ0) is 18.7. The lowest BCUT2D eigenvalue weighted by atomic mass is 10.2. The molecule has 0 aliphatic rings. The van der Waals surface area contributed by atoms with Crippen LogP contribution < -0.4 is 15.6 Å². The molecule has 1 atom stereocenters. The number of aromatic nitrogens is 2. The number of hydrogen-bond donors (Lipinski definition) is 3. The molecule has 1 aromatic heterocycles. The van der Waals surface area contributed by atoms with Crippen LogP contribution in [0.5, 0.6) is 5.75 Å². The molecule has 8 heteroatoms. The molecule has 0 radical (unpaired) electrons. The SMILES string of the molecule is COC(O)CNOc1cc2c(ncn2C)c(F)c1Nc1ccc(C)cc1. The number of nitrogens with zero attached hydrogens (tertiary/aromatic N) is 2. The summed E-state index contributed by atoms with van der Waals surface area (Å²) >= 11 is 0. The van der Waals surface area contributed by atoms with E-state index in [0.717, 1.165) is 5.56 Å². The van der Waals surface area contributed by atoms with Gasteiger partial charge in [0.25, 0.3) is 0 Å². The molecule has 0 aliphatic carbocycles. The number of anilines is 2. The van der Waals surface area contributed by atoms with E-state index in [9.17, 15) is 5.11 Å². The van der Waals surface area contributed by atoms with Gasteiger partial charge in [-0.1, -0.05) is 17.7 Å². The van der Waals surface area contributed by atoms with Crippen LogP contribution >= 0.6 is 0 Å². The number of nitrogens with one attached hydrogen (secondary N) is 2. The van der Waals surface area contributed by atoms with Gasteiger partial charge >= 0.3 is 0 Å². The van der Waals surface area contributed by atoms with Crippen LogP contribution in [0.4, 0.5) is 15.8 Å². The van der Waals surface area contributed by atoms with E-state index in [2.05, 4.69) is 15.8 Å². The number of imidazole rings is 1. The second-order valence-corrected chi connectivity index (χ2v) is 5.92. The van der Waals surface area contributed by atoms with Crippen molar-refractivity contribution in [3.05, 3.63) is 48.0 Å². The summed E-state index contributed by atoms with van der Waals surface area (Å²) in [5.74, 6) is -0.282. The minimum absolute atomic E-state index is 0.0194. The Morgan fingerprint density at radius 2 is 2.04 bits per heavy atom. The molecule has 0 amide bonds. The van der Waals surface area contributed by atoms with Crippen molar-refractivity contribution in [2.45, 2.75) is 13.2 Å². The smallest absolute Gasteiger partial charge is 0.178 e. The average Bonchev–Trinajstić information content (AvgIpc) is 3.00. The maximum absolute atomic E-state index is 15.0. The van der Waals surface area contributed by atoms with Gasteiger partial charge in [-0.15, -0.1) is 0 Å². The van der Waals surface area contributed by atoms with Gasteiger partial charge in [-0.2, -0.15) is 5.48 Å². The van der Waals surface area contributed by atoms with E-state index >= 15 is 4.39 Å². The molecule has 3 N–H and O–H groups in total. The van der Waals surface area contributed by atoms with Crippen molar-refractivity contribution in [3.63, 3.8) is 0 Å². The van der Waals surface area contributed by atoms with Crippen molar-refractivity contribution in [3.8, 4) is 5.75 Å². The molecule has 0 bridgehead atoms. The molecule has 0 saturated heterocycles. The predicted molar refractivity (Wildman–Crippen MR) is 96.8 cm³/mol. The van der Waals surface area contributed by atoms with Gasteiger partial charge in [0.1, 0.15) is 11.2 Å². The number of aliphatic hydroxyl groups is 1. The number of aryl methyl sites for hydroxylation is 2. The van der Waals surface area contributed by atoms with Crippen LogP contribution in [-0.4, -0.2) is 34.6 Å². The molecule has 3 aromatic rings. The van der Waals surface area contributed by atoms with Crippen LogP contribution in [0.1, 0.15) is 5.56 Å². The summed E-state index contributed by atoms with van der Waals surface area (Å²) in [5.41, 5.74) is 5.37. The molecular formula is C18H21FN4O3. The Balaban J connectivity index is 1.96. The average molecular weight is 360 g/mol. The van der Waals surface area contributed by atoms with E-state index in [4.69, 9.17) is 9.57 Å². The Morgan fingerprint density at radius 1 is 1.31 bits per heavy atom. The quantitative estimate of drug-likeness (QED) is 0.444. The molecule has 1 unspecified atom stereocenters. The second kappa shape index (κ2) is 7.69. The standard InChI is InChI=1S/C18H21FN4O3/c1-11-4-6-12(7-5-11)22-18-14(26-21-9-15(24)25-3)8-13-17(16(18)19)20-10-23(13)2/h4-8,10,15,21-22,24H,9H2,1-3H3. The number of ether oxygens (including phenoxy) is 1. The number of halogens is 1. The molecule has 2 aromatic carbocycles. The Labute approximate surface area is 150 Å². The van der Waals surface area contributed by atoms with Gasteiger partial charge in [-0.25, -0.2) is 9.37 Å². The maximum Gasteiger partial charge on any atom is 0.178 e. The van der Waals surface area contributed by atoms with E-state index in [-0.39, 0.29) is 23.5 Å². The van der Waals surface area contributed by atoms with Gasteiger partial charge in [0.05, 0.1) is 18.4 Å². The molecule has 0 aliphatic heterocycles. The van der Waals surface area contributed by atoms with Crippen LogP contribution in [0.25, 0.3) is 11.0 Å². The summed E-state index contributed by atoms with van der Waals surface area (Å²) < 4.78 is 21.5. The number of hydrogen-bond acceptors (Lipinski definition) is 6. The number of aliphatic hydroxyl groups excluding tert-OH is 1. The largest absolute Gasteiger partial charge is 0.406 e. The molecule has 138 valence electrons. The summed E-state index contributed by atoms with van der Waals surface area (Å²) in [7, 11) is 3.14. The Kier molecular flexibility index (Phi) is 5.36. The highest BCUT2D eigenvalue weighted by atomic mass is 19.1. The van der Waals surface area contributed by atoms with Crippen LogP contribution in [-0.2, 0) is 11.8 Å². The molecule has 0 fully saturated rings. The van der Waals surface area contributed by atoms with E-state index in [0.29, 0.717) is 11.2 Å². The number of fused-ring (bicyclic) bond motifs is 1. The second-order valence-electron chi connectivity index (χ2n) is 5.92. The van der Waals surface area contributed by atoms with E-state index in [1.54, 1.807) is 17.7 Å². The van der Waals surface area contributed by atoms with Gasteiger partial charge in [0, 0.05) is 25.9 Å². The van der Waals surface area contributed by atoms with Crippen molar-refractivity contribution in [1.29, 1.82) is 0 Å². The minimum atomic E-state index is -1.03. The number of hydroxylamine groups is 1. The zero-order valence-corrected chi connectivity index (χ0v) is 14.8. The minimum Gasteiger partial charge on any atom is -0.406 e. The fourth-order valence-electron chi connectivity index (χ4n) is 2.45. The van der Waals surface area contributed by atoms with Crippen LogP contribution in [0, 0.1) is 12.7 Å². The topological polar surface area (TPSA) is 80.6 Å². The van der Waals surface area contributed by atoms with Crippen molar-refractivity contribution < 1.29 is 19.1 Å². The van der Waals surface area contributed by atoms with Crippen LogP contribution in [0.2, 0.25) is 0 Å². The van der Waals surface area contributed by atoms with Crippen molar-refractivity contribution >= 4 is 22.4 Å². The summed E-state index contributed by atoms with van der Waals surface area (Å²) in [6.07, 6.45) is 0.503. The Morgan fingerprint density at radius 3 is 2.73 bits per heavy atom. The predicted octanol–water partition coefficient (Wildman–Crippen LogP) is 2.61. The lowest BCUT2D eigenvalue weighted by Crippen LogP contribution is -2.30. The van der Waals surface area contributed by atoms with Crippen LogP contribution in [0.15, 0.2) is 36.7 Å². The summed E-state index contributed by atoms with van der Waals surface area (Å²) in [4.78, 5) is 9.59. The lowest BCUT2D eigenvalue weighted by Gasteiger charge is -2.16. The molecular weight excluding hydrogens is 339 g/mol. The van der Waals surface area contributed by atoms with E-state index < -0.39 is 12.1 Å².